The first-order chi connectivity index (χ1) is 41.8. The van der Waals surface area contributed by atoms with Gasteiger partial charge in [0.1, 0.15) is 28.4 Å². The van der Waals surface area contributed by atoms with Crippen LogP contribution in [0.4, 0.5) is 17.1 Å². The molecule has 460 valence electrons. The molecule has 0 bridgehead atoms. The first-order valence-electron chi connectivity index (χ1n) is 29.6. The molecule has 3 rings (SSSR count). The van der Waals surface area contributed by atoms with Gasteiger partial charge in [-0.2, -0.15) is 0 Å². The largest absolute Gasteiger partial charge is 0.507 e. The summed E-state index contributed by atoms with van der Waals surface area (Å²) in [5.74, 6) is -5.71. The second-order valence-electron chi connectivity index (χ2n) is 19.2. The SMILES string of the molecule is CC/C=C\C/C=C\C/C=C\C/C=C\C/C=C\C/C=C\CC(=O)OC(=O)c1cc(NC(=O)c2cc(N)ccc2O)ccc1O.CC/C=C\C/C=C\C/C=C\C/C=C\C/C=C\C/C=C\CC(=O)OC(=O)c1cc(NOC(=O)CCCCCCC)ccc1O. The Bertz CT molecular complexity index is 2910. The molecule has 0 spiro atoms. The highest BCUT2D eigenvalue weighted by molar-refractivity contribution is 6.08. The van der Waals surface area contributed by atoms with Crippen molar-refractivity contribution in [2.45, 2.75) is 149 Å². The highest BCUT2D eigenvalue weighted by Gasteiger charge is 2.20. The van der Waals surface area contributed by atoms with Crippen LogP contribution in [0.3, 0.4) is 0 Å². The predicted octanol–water partition coefficient (Wildman–Crippen LogP) is 17.1. The molecule has 0 aliphatic heterocycles. The maximum atomic E-state index is 12.5. The minimum atomic E-state index is -1.06. The van der Waals surface area contributed by atoms with E-state index >= 15 is 0 Å². The Morgan fingerprint density at radius 1 is 0.407 bits per heavy atom. The van der Waals surface area contributed by atoms with Gasteiger partial charge < -0.3 is 40.7 Å². The lowest BCUT2D eigenvalue weighted by molar-refractivity contribution is -0.141. The lowest BCUT2D eigenvalue weighted by atomic mass is 10.1. The van der Waals surface area contributed by atoms with Crippen LogP contribution in [0.1, 0.15) is 180 Å². The third-order valence-electron chi connectivity index (χ3n) is 11.9. The number of nitrogens with two attached hydrogens (primary N) is 1. The van der Waals surface area contributed by atoms with Crippen LogP contribution in [0.25, 0.3) is 0 Å². The van der Waals surface area contributed by atoms with Crippen LogP contribution in [-0.4, -0.2) is 51.1 Å². The molecule has 0 aromatic heterocycles. The fraction of sp³-hybridized carbons (Fsp3) is 0.324. The van der Waals surface area contributed by atoms with Crippen LogP contribution < -0.4 is 16.5 Å². The number of anilines is 3. The number of carbonyl (C=O) groups is 6. The van der Waals surface area contributed by atoms with Crippen molar-refractivity contribution in [3.8, 4) is 17.2 Å². The Hall–Kier alpha value is -9.24. The summed E-state index contributed by atoms with van der Waals surface area (Å²) >= 11 is 0. The quantitative estimate of drug-likeness (QED) is 0.00457. The first-order valence-corrected chi connectivity index (χ1v) is 29.6. The van der Waals surface area contributed by atoms with Crippen molar-refractivity contribution in [1.82, 2.24) is 0 Å². The minimum absolute atomic E-state index is 0.0660. The normalized spacial score (nSPS) is 12.0. The molecular formula is C71H89N3O12. The lowest BCUT2D eigenvalue weighted by Gasteiger charge is -2.10. The molecule has 15 heteroatoms. The van der Waals surface area contributed by atoms with Crippen molar-refractivity contribution in [2.24, 2.45) is 0 Å². The predicted molar refractivity (Wildman–Crippen MR) is 346 cm³/mol. The summed E-state index contributed by atoms with van der Waals surface area (Å²) in [6.45, 7) is 6.39. The van der Waals surface area contributed by atoms with E-state index in [2.05, 4.69) is 129 Å². The second kappa shape index (κ2) is 48.2. The minimum Gasteiger partial charge on any atom is -0.507 e. The van der Waals surface area contributed by atoms with Gasteiger partial charge in [-0.1, -0.05) is 192 Å². The number of amides is 1. The summed E-state index contributed by atoms with van der Waals surface area (Å²) in [5.41, 5.74) is 8.26. The molecule has 0 fully saturated rings. The van der Waals surface area contributed by atoms with Crippen LogP contribution in [0.5, 0.6) is 17.2 Å². The topological polar surface area (TPSA) is 241 Å². The van der Waals surface area contributed by atoms with Crippen molar-refractivity contribution in [2.75, 3.05) is 16.5 Å². The van der Waals surface area contributed by atoms with Crippen molar-refractivity contribution < 1.29 is 58.4 Å². The molecule has 15 nitrogen and oxygen atoms in total. The van der Waals surface area contributed by atoms with E-state index in [1.165, 1.54) is 54.6 Å². The van der Waals surface area contributed by atoms with Crippen LogP contribution in [0, 0.1) is 0 Å². The summed E-state index contributed by atoms with van der Waals surface area (Å²) in [5, 5.41) is 32.5. The Morgan fingerprint density at radius 2 is 0.756 bits per heavy atom. The molecule has 0 atom stereocenters. The first kappa shape index (κ1) is 72.9. The molecule has 0 saturated heterocycles. The van der Waals surface area contributed by atoms with Crippen molar-refractivity contribution in [3.05, 3.63) is 217 Å². The molecule has 0 heterocycles. The molecule has 3 aromatic carbocycles. The van der Waals surface area contributed by atoms with Crippen LogP contribution in [0.15, 0.2) is 200 Å². The summed E-state index contributed by atoms with van der Waals surface area (Å²) in [7, 11) is 0. The van der Waals surface area contributed by atoms with Gasteiger partial charge in [0, 0.05) is 17.8 Å². The number of phenolic OH excluding ortho intramolecular Hbond substituents is 3. The van der Waals surface area contributed by atoms with Gasteiger partial charge in [0.05, 0.1) is 24.1 Å². The van der Waals surface area contributed by atoms with Gasteiger partial charge in [0.15, 0.2) is 0 Å². The highest BCUT2D eigenvalue weighted by atomic mass is 16.7. The third kappa shape index (κ3) is 36.4. The third-order valence-corrected chi connectivity index (χ3v) is 11.9. The van der Waals surface area contributed by atoms with Gasteiger partial charge >= 0.3 is 29.8 Å². The van der Waals surface area contributed by atoms with Gasteiger partial charge in [0.25, 0.3) is 5.91 Å². The molecule has 3 aromatic rings. The maximum absolute atomic E-state index is 12.5. The molecular weight excluding hydrogens is 1090 g/mol. The summed E-state index contributed by atoms with van der Waals surface area (Å²) in [6, 6.07) is 11.7. The fourth-order valence-corrected chi connectivity index (χ4v) is 7.32. The summed E-state index contributed by atoms with van der Waals surface area (Å²) in [6.07, 6.45) is 65.2. The van der Waals surface area contributed by atoms with Crippen LogP contribution in [-0.2, 0) is 28.7 Å². The zero-order valence-corrected chi connectivity index (χ0v) is 50.3. The van der Waals surface area contributed by atoms with Crippen molar-refractivity contribution >= 4 is 52.8 Å². The molecule has 0 aliphatic carbocycles. The maximum Gasteiger partial charge on any atom is 0.349 e. The molecule has 0 aliphatic rings. The van der Waals surface area contributed by atoms with Crippen molar-refractivity contribution in [3.63, 3.8) is 0 Å². The van der Waals surface area contributed by atoms with Crippen molar-refractivity contribution in [1.29, 1.82) is 0 Å². The zero-order chi connectivity index (χ0) is 62.7. The van der Waals surface area contributed by atoms with E-state index < -0.39 is 41.5 Å². The molecule has 0 radical (unpaired) electrons. The van der Waals surface area contributed by atoms with E-state index in [0.29, 0.717) is 12.8 Å². The van der Waals surface area contributed by atoms with Gasteiger partial charge in [0.2, 0.25) is 0 Å². The lowest BCUT2D eigenvalue weighted by Crippen LogP contribution is -2.15. The van der Waals surface area contributed by atoms with E-state index in [9.17, 15) is 44.1 Å². The Balaban J connectivity index is 0.000000587. The van der Waals surface area contributed by atoms with E-state index in [1.54, 1.807) is 18.2 Å². The number of esters is 4. The van der Waals surface area contributed by atoms with Crippen LogP contribution >= 0.6 is 0 Å². The van der Waals surface area contributed by atoms with Gasteiger partial charge in [-0.3, -0.25) is 14.4 Å². The van der Waals surface area contributed by atoms with Gasteiger partial charge in [-0.15, -0.1) is 0 Å². The number of allylic oxidation sites excluding steroid dienone is 22. The average molecular weight is 1180 g/mol. The molecule has 0 saturated carbocycles. The number of rotatable bonds is 38. The van der Waals surface area contributed by atoms with E-state index in [4.69, 9.17) is 20.0 Å². The smallest absolute Gasteiger partial charge is 0.349 e. The highest BCUT2D eigenvalue weighted by Crippen LogP contribution is 2.26. The van der Waals surface area contributed by atoms with E-state index in [0.717, 1.165) is 96.3 Å². The molecule has 0 unspecified atom stereocenters. The Kier molecular flexibility index (Phi) is 40.8. The molecule has 7 N–H and O–H groups in total. The average Bonchev–Trinajstić information content (AvgIpc) is 3.69. The number of nitrogen functional groups attached to an aromatic ring is 1. The van der Waals surface area contributed by atoms with E-state index in [-0.39, 0.29) is 64.5 Å². The number of hydrogen-bond acceptors (Lipinski definition) is 14. The second-order valence-corrected chi connectivity index (χ2v) is 19.2. The van der Waals surface area contributed by atoms with Gasteiger partial charge in [-0.05, 0) is 138 Å². The number of unbranched alkanes of at least 4 members (excludes halogenated alkanes) is 4. The number of carbonyl (C=O) groups excluding carboxylic acids is 6. The number of nitrogens with one attached hydrogen (secondary N) is 2. The number of aromatic hydroxyl groups is 3. The monoisotopic (exact) mass is 1180 g/mol. The fourth-order valence-electron chi connectivity index (χ4n) is 7.32. The number of benzene rings is 3. The Labute approximate surface area is 509 Å². The van der Waals surface area contributed by atoms with Crippen LogP contribution in [0.2, 0.25) is 0 Å². The zero-order valence-electron chi connectivity index (χ0n) is 50.3. The molecule has 1 amide bonds. The molecule has 86 heavy (non-hydrogen) atoms. The Morgan fingerprint density at radius 3 is 1.16 bits per heavy atom. The number of hydrogen-bond donors (Lipinski definition) is 6. The van der Waals surface area contributed by atoms with E-state index in [1.807, 2.05) is 30.4 Å². The number of phenols is 3. The standard InChI is InChI=1S/C36H49NO6.C35H40N2O6/c1-3-5-7-9-10-11-12-13-14-15-16-17-18-19-20-21-23-24-26-34(39)42-36(41)32-30-31(28-29-33(32)38)37-43-35(40)27-25-22-8-6-4-2;1-2-3-4-5-6-7-8-9-10-11-12-13-14-15-16-17-18-19-20-33(40)43-35(42)30-26-28(22-24-32(30)39)37-34(41)29-25-27(36)21-23-31(29)38/h5,7,10-11,13-14,16-17,19-20,23-24,28-30,37-38H,3-4,6,8-9,12,15,18,21-22,25-27H2,1-2H3;3-4,6-7,9-10,12-13,15-16,18-19,21-26,38-39H,2,5,8,11,14,17,20,36H2,1H3,(H,37,41)/b7-5-,11-10-,14-13-,17-16-,20-19-,24-23-;4-3-,7-6-,10-9-,13-12-,16-15-,19-18-. The number of ether oxygens (including phenoxy) is 2. The summed E-state index contributed by atoms with van der Waals surface area (Å²) < 4.78 is 9.69. The van der Waals surface area contributed by atoms with Gasteiger partial charge in [-0.25, -0.2) is 19.9 Å². The summed E-state index contributed by atoms with van der Waals surface area (Å²) in [4.78, 5) is 78.4.